The normalized spacial score (nSPS) is 21.9. The van der Waals surface area contributed by atoms with Crippen LogP contribution in [0.1, 0.15) is 55.1 Å². The number of carbonyl (C=O) groups excluding carboxylic acids is 2. The Labute approximate surface area is 201 Å². The Morgan fingerprint density at radius 2 is 2.03 bits per heavy atom. The number of aryl methyl sites for hydroxylation is 1. The topological polar surface area (TPSA) is 84.9 Å². The van der Waals surface area contributed by atoms with Crippen LogP contribution in [0.25, 0.3) is 0 Å². The molecule has 0 N–H and O–H groups in total. The minimum atomic E-state index is -1.05. The molecule has 1 unspecified atom stereocenters. The largest absolute Gasteiger partial charge is 0.491 e. The Bertz CT molecular complexity index is 970. The Balaban J connectivity index is 1.58. The van der Waals surface area contributed by atoms with Crippen LogP contribution in [0.2, 0.25) is 0 Å². The smallest absolute Gasteiger partial charge is 0.274 e. The summed E-state index contributed by atoms with van der Waals surface area (Å²) in [4.78, 5) is 38.8. The van der Waals surface area contributed by atoms with Crippen molar-refractivity contribution in [3.8, 4) is 5.75 Å². The van der Waals surface area contributed by atoms with E-state index in [1.165, 1.54) is 18.0 Å². The fourth-order valence-corrected chi connectivity index (χ4v) is 4.71. The molecule has 1 atom stereocenters. The van der Waals surface area contributed by atoms with E-state index >= 15 is 0 Å². The van der Waals surface area contributed by atoms with E-state index in [1.54, 1.807) is 11.1 Å². The third-order valence-corrected chi connectivity index (χ3v) is 6.58. The van der Waals surface area contributed by atoms with Crippen molar-refractivity contribution < 1.29 is 19.1 Å². The molecule has 2 amide bonds. The number of aromatic nitrogens is 2. The molecule has 1 fully saturated rings. The number of fused-ring (bicyclic) bond motifs is 1. The molecule has 1 aromatic carbocycles. The second-order valence-electron chi connectivity index (χ2n) is 8.97. The molecule has 3 heterocycles. The van der Waals surface area contributed by atoms with Crippen molar-refractivity contribution in [1.82, 2.24) is 19.8 Å². The minimum Gasteiger partial charge on any atom is -0.491 e. The number of nitrogens with zero attached hydrogens (tertiary/aromatic N) is 4. The fraction of sp³-hybridized carbons (Fsp3) is 0.538. The van der Waals surface area contributed by atoms with E-state index in [-0.39, 0.29) is 24.1 Å². The fourth-order valence-electron chi connectivity index (χ4n) is 4.71. The first-order valence-electron chi connectivity index (χ1n) is 12.3. The van der Waals surface area contributed by atoms with E-state index in [9.17, 15) is 9.59 Å². The van der Waals surface area contributed by atoms with E-state index in [0.717, 1.165) is 37.9 Å². The van der Waals surface area contributed by atoms with E-state index in [2.05, 4.69) is 23.0 Å². The Morgan fingerprint density at radius 1 is 1.15 bits per heavy atom. The van der Waals surface area contributed by atoms with Crippen LogP contribution >= 0.6 is 0 Å². The maximum atomic E-state index is 14.0. The van der Waals surface area contributed by atoms with Crippen molar-refractivity contribution in [3.63, 3.8) is 0 Å². The molecule has 0 radical (unpaired) electrons. The first-order chi connectivity index (χ1) is 16.6. The summed E-state index contributed by atoms with van der Waals surface area (Å²) in [5.74, 6) is 0.637. The molecule has 4 rings (SSSR count). The van der Waals surface area contributed by atoms with Gasteiger partial charge in [0.15, 0.2) is 5.60 Å². The van der Waals surface area contributed by atoms with Crippen molar-refractivity contribution in [1.29, 1.82) is 0 Å². The van der Waals surface area contributed by atoms with Crippen molar-refractivity contribution in [2.45, 2.75) is 51.0 Å². The summed E-state index contributed by atoms with van der Waals surface area (Å²) in [6.45, 7) is 4.63. The third-order valence-electron chi connectivity index (χ3n) is 6.58. The molecule has 0 saturated carbocycles. The number of carbonyl (C=O) groups is 2. The molecule has 1 aromatic heterocycles. The van der Waals surface area contributed by atoms with E-state index in [0.29, 0.717) is 39.3 Å². The molecule has 1 spiro atoms. The Morgan fingerprint density at radius 3 is 2.85 bits per heavy atom. The van der Waals surface area contributed by atoms with Gasteiger partial charge in [-0.2, -0.15) is 0 Å². The van der Waals surface area contributed by atoms with Crippen molar-refractivity contribution in [2.24, 2.45) is 0 Å². The summed E-state index contributed by atoms with van der Waals surface area (Å²) < 4.78 is 12.4. The second kappa shape index (κ2) is 11.4. The molecule has 8 nitrogen and oxygen atoms in total. The predicted octanol–water partition coefficient (Wildman–Crippen LogP) is 3.12. The highest BCUT2D eigenvalue weighted by molar-refractivity contribution is 5.93. The van der Waals surface area contributed by atoms with Crippen molar-refractivity contribution in [2.75, 3.05) is 39.4 Å². The van der Waals surface area contributed by atoms with Gasteiger partial charge in [0.25, 0.3) is 11.8 Å². The van der Waals surface area contributed by atoms with E-state index in [1.807, 2.05) is 23.1 Å². The molecule has 0 aliphatic carbocycles. The van der Waals surface area contributed by atoms with Crippen molar-refractivity contribution >= 4 is 11.8 Å². The molecule has 34 heavy (non-hydrogen) atoms. The maximum Gasteiger partial charge on any atom is 0.274 e. The highest BCUT2D eigenvalue weighted by Gasteiger charge is 2.46. The number of unbranched alkanes of at least 4 members (excludes halogenated alkanes) is 1. The van der Waals surface area contributed by atoms with Gasteiger partial charge in [0.05, 0.1) is 25.9 Å². The van der Waals surface area contributed by atoms with Gasteiger partial charge >= 0.3 is 0 Å². The van der Waals surface area contributed by atoms with Crippen LogP contribution in [0.4, 0.5) is 0 Å². The van der Waals surface area contributed by atoms with Gasteiger partial charge in [0.2, 0.25) is 0 Å². The highest BCUT2D eigenvalue weighted by atomic mass is 16.5. The van der Waals surface area contributed by atoms with Gasteiger partial charge in [0, 0.05) is 25.5 Å². The first kappa shape index (κ1) is 24.1. The second-order valence-corrected chi connectivity index (χ2v) is 8.97. The van der Waals surface area contributed by atoms with Gasteiger partial charge in [-0.1, -0.05) is 31.5 Å². The van der Waals surface area contributed by atoms with Gasteiger partial charge in [-0.15, -0.1) is 0 Å². The SMILES string of the molecule is CCCCN1CCOc2ccccc2CCCCC2(CN(C(=O)c3cnccn3)CCO2)C1=O. The number of para-hydroxylation sites is 1. The van der Waals surface area contributed by atoms with Gasteiger partial charge in [-0.25, -0.2) is 4.98 Å². The van der Waals surface area contributed by atoms with Crippen LogP contribution in [-0.4, -0.2) is 76.6 Å². The number of amides is 2. The number of hydrogen-bond donors (Lipinski definition) is 0. The number of ether oxygens (including phenoxy) is 2. The zero-order chi connectivity index (χ0) is 23.8. The monoisotopic (exact) mass is 466 g/mol. The average molecular weight is 467 g/mol. The third kappa shape index (κ3) is 5.55. The highest BCUT2D eigenvalue weighted by Crippen LogP contribution is 2.30. The predicted molar refractivity (Wildman–Crippen MR) is 128 cm³/mol. The molecule has 182 valence electrons. The van der Waals surface area contributed by atoms with E-state index in [4.69, 9.17) is 9.47 Å². The quantitative estimate of drug-likeness (QED) is 0.688. The van der Waals surface area contributed by atoms with Gasteiger partial charge in [0.1, 0.15) is 18.1 Å². The molecule has 8 heteroatoms. The molecule has 1 saturated heterocycles. The summed E-state index contributed by atoms with van der Waals surface area (Å²) in [5.41, 5.74) is 0.420. The molecule has 2 aliphatic rings. The minimum absolute atomic E-state index is 0.0462. The lowest BCUT2D eigenvalue weighted by Gasteiger charge is -2.44. The van der Waals surface area contributed by atoms with Gasteiger partial charge < -0.3 is 19.3 Å². The van der Waals surface area contributed by atoms with Crippen LogP contribution < -0.4 is 4.74 Å². The Kier molecular flexibility index (Phi) is 8.11. The van der Waals surface area contributed by atoms with Crippen LogP contribution in [0, 0.1) is 0 Å². The lowest BCUT2D eigenvalue weighted by Crippen LogP contribution is -2.62. The maximum absolute atomic E-state index is 14.0. The molecular formula is C26H34N4O4. The van der Waals surface area contributed by atoms with Crippen LogP contribution in [0.5, 0.6) is 5.75 Å². The summed E-state index contributed by atoms with van der Waals surface area (Å²) in [5, 5.41) is 0. The number of morpholine rings is 1. The first-order valence-corrected chi connectivity index (χ1v) is 12.3. The standard InChI is InChI=1S/C26H34N4O4/c1-2-3-14-29-15-17-33-23-10-5-4-8-21(23)9-6-7-11-26(25(29)32)20-30(16-18-34-26)24(31)22-19-27-12-13-28-22/h4-5,8,10,12-13,19H,2-3,6-7,9,11,14-18,20H2,1H3. The van der Waals surface area contributed by atoms with Gasteiger partial charge in [-0.3, -0.25) is 14.6 Å². The van der Waals surface area contributed by atoms with Crippen LogP contribution in [0.15, 0.2) is 42.9 Å². The van der Waals surface area contributed by atoms with E-state index < -0.39 is 5.60 Å². The van der Waals surface area contributed by atoms with Gasteiger partial charge in [-0.05, 0) is 43.7 Å². The summed E-state index contributed by atoms with van der Waals surface area (Å²) in [6, 6.07) is 8.13. The molecular weight excluding hydrogens is 432 g/mol. The van der Waals surface area contributed by atoms with Crippen molar-refractivity contribution in [3.05, 3.63) is 54.1 Å². The summed E-state index contributed by atoms with van der Waals surface area (Å²) in [7, 11) is 0. The zero-order valence-corrected chi connectivity index (χ0v) is 19.9. The summed E-state index contributed by atoms with van der Waals surface area (Å²) in [6.07, 6.45) is 9.58. The lowest BCUT2D eigenvalue weighted by atomic mass is 9.90. The molecule has 2 aliphatic heterocycles. The zero-order valence-electron chi connectivity index (χ0n) is 19.9. The molecule has 0 bridgehead atoms. The number of rotatable bonds is 4. The van der Waals surface area contributed by atoms with Crippen LogP contribution in [-0.2, 0) is 16.0 Å². The molecule has 2 aromatic rings. The summed E-state index contributed by atoms with van der Waals surface area (Å²) >= 11 is 0. The lowest BCUT2D eigenvalue weighted by molar-refractivity contribution is -0.170. The number of benzene rings is 1. The average Bonchev–Trinajstić information content (AvgIpc) is 2.88. The Hall–Kier alpha value is -3.00. The van der Waals surface area contributed by atoms with Crippen LogP contribution in [0.3, 0.4) is 0 Å². The number of hydrogen-bond acceptors (Lipinski definition) is 6.